The zero-order chi connectivity index (χ0) is 13.3. The molecule has 0 aromatic carbocycles. The van der Waals surface area contributed by atoms with Crippen LogP contribution < -0.4 is 0 Å². The maximum absolute atomic E-state index is 12.0. The van der Waals surface area contributed by atoms with Crippen LogP contribution in [0.1, 0.15) is 32.1 Å². The molecule has 0 saturated carbocycles. The summed E-state index contributed by atoms with van der Waals surface area (Å²) in [5, 5.41) is 4.06. The van der Waals surface area contributed by atoms with Crippen molar-refractivity contribution in [1.29, 1.82) is 0 Å². The fraction of sp³-hybridized carbons (Fsp3) is 0.727. The fourth-order valence-corrected chi connectivity index (χ4v) is 3.96. The number of carbonyl (C=O) groups is 1. The Balaban J connectivity index is 2.06. The first kappa shape index (κ1) is 13.2. The van der Waals surface area contributed by atoms with Gasteiger partial charge >= 0.3 is 0 Å². The number of hydrogen-bond acceptors (Lipinski definition) is 5. The average molecular weight is 271 g/mol. The minimum absolute atomic E-state index is 0.0123. The number of Topliss-reactive ketones (excluding diaryl/α,β-unsaturated/α-hetero) is 1. The smallest absolute Gasteiger partial charge is 0.151 e. The molecule has 1 fully saturated rings. The Bertz CT molecular complexity index is 548. The monoisotopic (exact) mass is 271 g/mol. The van der Waals surface area contributed by atoms with Crippen molar-refractivity contribution in [2.24, 2.45) is 5.92 Å². The molecule has 0 radical (unpaired) electrons. The normalized spacial score (nSPS) is 22.5. The van der Waals surface area contributed by atoms with Gasteiger partial charge in [0.05, 0.1) is 17.9 Å². The van der Waals surface area contributed by atoms with Crippen molar-refractivity contribution >= 4 is 15.6 Å². The van der Waals surface area contributed by atoms with Crippen molar-refractivity contribution in [2.75, 3.05) is 11.5 Å². The molecule has 1 aliphatic rings. The second kappa shape index (κ2) is 4.79. The molecule has 100 valence electrons. The van der Waals surface area contributed by atoms with Crippen LogP contribution in [0.2, 0.25) is 0 Å². The quantitative estimate of drug-likeness (QED) is 0.792. The van der Waals surface area contributed by atoms with Crippen molar-refractivity contribution in [3.8, 4) is 0 Å². The zero-order valence-corrected chi connectivity index (χ0v) is 11.4. The average Bonchev–Trinajstić information content (AvgIpc) is 2.84. The van der Waals surface area contributed by atoms with Crippen molar-refractivity contribution in [3.63, 3.8) is 0 Å². The number of hydrogen-bond donors (Lipinski definition) is 0. The zero-order valence-electron chi connectivity index (χ0n) is 10.5. The van der Waals surface area contributed by atoms with Gasteiger partial charge in [0.2, 0.25) is 0 Å². The second-order valence-electron chi connectivity index (χ2n) is 4.96. The van der Waals surface area contributed by atoms with Gasteiger partial charge in [0.15, 0.2) is 9.84 Å². The topological polar surface area (TPSA) is 81.9 Å². The summed E-state index contributed by atoms with van der Waals surface area (Å²) in [6, 6.07) is 0.141. The Morgan fingerprint density at radius 3 is 2.83 bits per heavy atom. The van der Waals surface area contributed by atoms with E-state index in [1.807, 2.05) is 13.8 Å². The lowest BCUT2D eigenvalue weighted by atomic mass is 10.0. The number of aromatic nitrogens is 3. The highest BCUT2D eigenvalue weighted by Crippen LogP contribution is 2.21. The Kier molecular flexibility index (Phi) is 3.52. The van der Waals surface area contributed by atoms with Gasteiger partial charge in [0.25, 0.3) is 0 Å². The molecule has 1 unspecified atom stereocenters. The Morgan fingerprint density at radius 2 is 2.28 bits per heavy atom. The van der Waals surface area contributed by atoms with Gasteiger partial charge in [0.1, 0.15) is 17.9 Å². The summed E-state index contributed by atoms with van der Waals surface area (Å²) in [6.07, 6.45) is 2.03. The van der Waals surface area contributed by atoms with E-state index in [0.29, 0.717) is 12.2 Å². The van der Waals surface area contributed by atoms with Crippen LogP contribution in [-0.4, -0.2) is 40.5 Å². The predicted octanol–water partition coefficient (Wildman–Crippen LogP) is 0.405. The first-order valence-electron chi connectivity index (χ1n) is 6.00. The number of ketones is 1. The van der Waals surface area contributed by atoms with Gasteiger partial charge in [-0.3, -0.25) is 4.79 Å². The molecule has 6 nitrogen and oxygen atoms in total. The van der Waals surface area contributed by atoms with Crippen LogP contribution in [0.5, 0.6) is 0 Å². The molecular weight excluding hydrogens is 254 g/mol. The molecule has 0 aliphatic carbocycles. The van der Waals surface area contributed by atoms with E-state index in [1.165, 1.54) is 6.33 Å². The highest BCUT2D eigenvalue weighted by Gasteiger charge is 2.33. The summed E-state index contributed by atoms with van der Waals surface area (Å²) < 4.78 is 24.4. The molecule has 1 aromatic rings. The molecule has 1 aromatic heterocycles. The predicted molar refractivity (Wildman–Crippen MR) is 65.9 cm³/mol. The van der Waals surface area contributed by atoms with E-state index in [1.54, 1.807) is 4.68 Å². The van der Waals surface area contributed by atoms with Crippen molar-refractivity contribution in [3.05, 3.63) is 12.2 Å². The van der Waals surface area contributed by atoms with Gasteiger partial charge in [-0.15, -0.1) is 0 Å². The van der Waals surface area contributed by atoms with Gasteiger partial charge < -0.3 is 0 Å². The fourth-order valence-electron chi connectivity index (χ4n) is 2.18. The third kappa shape index (κ3) is 2.77. The lowest BCUT2D eigenvalue weighted by Crippen LogP contribution is -2.21. The van der Waals surface area contributed by atoms with Gasteiger partial charge in [-0.2, -0.15) is 5.10 Å². The van der Waals surface area contributed by atoms with E-state index in [-0.39, 0.29) is 35.7 Å². The largest absolute Gasteiger partial charge is 0.299 e. The third-order valence-electron chi connectivity index (χ3n) is 3.16. The summed E-state index contributed by atoms with van der Waals surface area (Å²) >= 11 is 0. The van der Waals surface area contributed by atoms with Crippen LogP contribution in [0.15, 0.2) is 6.33 Å². The van der Waals surface area contributed by atoms with Gasteiger partial charge in [-0.25, -0.2) is 18.1 Å². The van der Waals surface area contributed by atoms with E-state index < -0.39 is 9.84 Å². The number of rotatable bonds is 4. The first-order valence-corrected chi connectivity index (χ1v) is 7.82. The lowest BCUT2D eigenvalue weighted by Gasteiger charge is -2.10. The van der Waals surface area contributed by atoms with Crippen LogP contribution >= 0.6 is 0 Å². The van der Waals surface area contributed by atoms with Gasteiger partial charge in [-0.05, 0) is 20.3 Å². The van der Waals surface area contributed by atoms with Crippen LogP contribution in [0, 0.1) is 5.92 Å². The molecule has 18 heavy (non-hydrogen) atoms. The van der Waals surface area contributed by atoms with Crippen molar-refractivity contribution in [1.82, 2.24) is 14.8 Å². The highest BCUT2D eigenvalue weighted by molar-refractivity contribution is 7.91. The molecule has 2 heterocycles. The molecule has 0 bridgehead atoms. The van der Waals surface area contributed by atoms with Gasteiger partial charge in [0, 0.05) is 12.0 Å². The molecule has 1 saturated heterocycles. The molecule has 1 aliphatic heterocycles. The summed E-state index contributed by atoms with van der Waals surface area (Å²) in [5.74, 6) is 0.305. The molecule has 0 spiro atoms. The molecule has 0 N–H and O–H groups in total. The second-order valence-corrected chi connectivity index (χ2v) is 7.19. The number of carbonyl (C=O) groups excluding carboxylic acids is 1. The van der Waals surface area contributed by atoms with E-state index >= 15 is 0 Å². The van der Waals surface area contributed by atoms with Crippen molar-refractivity contribution < 1.29 is 13.2 Å². The maximum atomic E-state index is 12.0. The Labute approximate surface area is 106 Å². The lowest BCUT2D eigenvalue weighted by molar-refractivity contribution is -0.121. The minimum Gasteiger partial charge on any atom is -0.299 e. The van der Waals surface area contributed by atoms with E-state index in [9.17, 15) is 13.2 Å². The number of sulfone groups is 1. The summed E-state index contributed by atoms with van der Waals surface area (Å²) in [4.78, 5) is 16.1. The molecule has 7 heteroatoms. The minimum atomic E-state index is -3.01. The van der Waals surface area contributed by atoms with Crippen molar-refractivity contribution in [2.45, 2.75) is 32.7 Å². The number of nitrogens with zero attached hydrogens (tertiary/aromatic N) is 3. The standard InChI is InChI=1S/C11H17N3O3S/c1-8(2)14-11(12-7-13-14)5-10(15)9-3-4-18(16,17)6-9/h7-9H,3-6H2,1-2H3. The van der Waals surface area contributed by atoms with E-state index in [2.05, 4.69) is 10.1 Å². The highest BCUT2D eigenvalue weighted by atomic mass is 32.2. The SMILES string of the molecule is CC(C)n1ncnc1CC(=O)C1CCS(=O)(=O)C1. The van der Waals surface area contributed by atoms with Crippen LogP contribution in [0.25, 0.3) is 0 Å². The maximum Gasteiger partial charge on any atom is 0.151 e. The first-order chi connectivity index (χ1) is 8.39. The van der Waals surface area contributed by atoms with E-state index in [4.69, 9.17) is 0 Å². The van der Waals surface area contributed by atoms with Crippen LogP contribution in [0.3, 0.4) is 0 Å². The molecule has 2 rings (SSSR count). The van der Waals surface area contributed by atoms with Crippen LogP contribution in [0.4, 0.5) is 0 Å². The van der Waals surface area contributed by atoms with Crippen LogP contribution in [-0.2, 0) is 21.1 Å². The molecule has 0 amide bonds. The molecule has 1 atom stereocenters. The van der Waals surface area contributed by atoms with E-state index in [0.717, 1.165) is 0 Å². The molecular formula is C11H17N3O3S. The summed E-state index contributed by atoms with van der Waals surface area (Å²) in [5.41, 5.74) is 0. The Hall–Kier alpha value is -1.24. The summed E-state index contributed by atoms with van der Waals surface area (Å²) in [7, 11) is -3.01. The van der Waals surface area contributed by atoms with Gasteiger partial charge in [-0.1, -0.05) is 0 Å². The summed E-state index contributed by atoms with van der Waals surface area (Å²) in [6.45, 7) is 3.92. The third-order valence-corrected chi connectivity index (χ3v) is 4.92. The Morgan fingerprint density at radius 1 is 1.56 bits per heavy atom.